The van der Waals surface area contributed by atoms with Crippen LogP contribution in [-0.2, 0) is 26.5 Å². The summed E-state index contributed by atoms with van der Waals surface area (Å²) in [6.45, 7) is 7.17. The number of hydrazine groups is 1. The molecule has 1 saturated heterocycles. The van der Waals surface area contributed by atoms with Gasteiger partial charge in [0.2, 0.25) is 11.8 Å². The van der Waals surface area contributed by atoms with Crippen molar-refractivity contribution in [1.82, 2.24) is 20.2 Å². The van der Waals surface area contributed by atoms with E-state index in [-0.39, 0.29) is 18.9 Å². The number of carbonyl (C=O) groups excluding carboxylic acids is 2. The van der Waals surface area contributed by atoms with Crippen molar-refractivity contribution in [2.75, 3.05) is 34.2 Å². The van der Waals surface area contributed by atoms with E-state index < -0.39 is 22.8 Å². The Kier molecular flexibility index (Phi) is 9.64. The SMILES string of the molecule is CCCC[C@]1(C(=O)O)CCN(C(=O)CCC)N(CC)[C@@]1(C(=O)NC)c1ccc(CN(C)C)cc1. The summed E-state index contributed by atoms with van der Waals surface area (Å²) in [7, 11) is 5.51. The summed E-state index contributed by atoms with van der Waals surface area (Å²) in [5, 5.41) is 16.9. The van der Waals surface area contributed by atoms with Crippen LogP contribution in [-0.4, -0.2) is 72.0 Å². The van der Waals surface area contributed by atoms with Gasteiger partial charge in [-0.15, -0.1) is 0 Å². The molecule has 0 bridgehead atoms. The Labute approximate surface area is 204 Å². The number of benzene rings is 1. The number of carbonyl (C=O) groups is 3. The van der Waals surface area contributed by atoms with Gasteiger partial charge in [0.15, 0.2) is 5.54 Å². The molecule has 0 aliphatic carbocycles. The minimum Gasteiger partial charge on any atom is -0.481 e. The highest BCUT2D eigenvalue weighted by Crippen LogP contribution is 2.54. The first-order chi connectivity index (χ1) is 16.2. The summed E-state index contributed by atoms with van der Waals surface area (Å²) in [5.41, 5.74) is -1.28. The van der Waals surface area contributed by atoms with Gasteiger partial charge in [0.1, 0.15) is 5.41 Å². The topological polar surface area (TPSA) is 93.2 Å². The lowest BCUT2D eigenvalue weighted by Gasteiger charge is -2.59. The van der Waals surface area contributed by atoms with Gasteiger partial charge >= 0.3 is 5.97 Å². The molecular formula is C26H42N4O4. The summed E-state index contributed by atoms with van der Waals surface area (Å²) in [6, 6.07) is 7.64. The molecule has 34 heavy (non-hydrogen) atoms. The van der Waals surface area contributed by atoms with Crippen LogP contribution in [0, 0.1) is 5.41 Å². The molecule has 0 unspecified atom stereocenters. The van der Waals surface area contributed by atoms with E-state index in [1.165, 1.54) is 7.05 Å². The zero-order valence-corrected chi connectivity index (χ0v) is 21.7. The lowest BCUT2D eigenvalue weighted by atomic mass is 9.59. The molecule has 2 rings (SSSR count). The van der Waals surface area contributed by atoms with Gasteiger partial charge in [0.25, 0.3) is 0 Å². The minimum absolute atomic E-state index is 0.0867. The monoisotopic (exact) mass is 474 g/mol. The van der Waals surface area contributed by atoms with Gasteiger partial charge in [-0.1, -0.05) is 57.9 Å². The van der Waals surface area contributed by atoms with E-state index in [4.69, 9.17) is 0 Å². The van der Waals surface area contributed by atoms with Crippen molar-refractivity contribution < 1.29 is 19.5 Å². The van der Waals surface area contributed by atoms with E-state index in [2.05, 4.69) is 10.2 Å². The minimum atomic E-state index is -1.56. The fourth-order valence-corrected chi connectivity index (χ4v) is 5.48. The Hall–Kier alpha value is -2.45. The maximum atomic E-state index is 14.0. The standard InChI is InChI=1S/C26H42N4O4/c1-7-10-16-25(24(33)34)17-18-29(22(31)11-8-2)30(9-3)26(25,23(32)27-4)21-14-12-20(13-15-21)19-28(5)6/h12-15H,7-11,16-19H2,1-6H3,(H,27,32)(H,33,34)/t25-,26-/m1/s1. The van der Waals surface area contributed by atoms with Crippen molar-refractivity contribution in [2.24, 2.45) is 5.41 Å². The molecule has 1 heterocycles. The molecule has 1 aliphatic heterocycles. The Morgan fingerprint density at radius 3 is 2.21 bits per heavy atom. The zero-order chi connectivity index (χ0) is 25.5. The highest BCUT2D eigenvalue weighted by atomic mass is 16.4. The Bertz CT molecular complexity index is 857. The molecule has 2 amide bonds. The summed E-state index contributed by atoms with van der Waals surface area (Å²) in [5.74, 6) is -1.48. The summed E-state index contributed by atoms with van der Waals surface area (Å²) < 4.78 is 0. The van der Waals surface area contributed by atoms with Gasteiger partial charge in [0.05, 0.1) is 0 Å². The maximum absolute atomic E-state index is 14.0. The molecule has 1 aromatic carbocycles. The second-order valence-electron chi connectivity index (χ2n) is 9.45. The third kappa shape index (κ3) is 4.84. The molecule has 0 aromatic heterocycles. The fourth-order valence-electron chi connectivity index (χ4n) is 5.48. The number of likely N-dealkylation sites (N-methyl/N-ethyl adjacent to an activating group) is 2. The Morgan fingerprint density at radius 2 is 1.74 bits per heavy atom. The van der Waals surface area contributed by atoms with Crippen molar-refractivity contribution >= 4 is 17.8 Å². The smallest absolute Gasteiger partial charge is 0.312 e. The van der Waals surface area contributed by atoms with E-state index in [9.17, 15) is 19.5 Å². The first-order valence-electron chi connectivity index (χ1n) is 12.4. The number of carboxylic acids is 1. The number of rotatable bonds is 11. The Morgan fingerprint density at radius 1 is 1.09 bits per heavy atom. The number of nitrogens with one attached hydrogen (secondary N) is 1. The number of unbranched alkanes of at least 4 members (excludes halogenated alkanes) is 1. The van der Waals surface area contributed by atoms with Crippen molar-refractivity contribution in [3.05, 3.63) is 35.4 Å². The predicted molar refractivity (Wildman–Crippen MR) is 133 cm³/mol. The summed E-state index contributed by atoms with van der Waals surface area (Å²) in [4.78, 5) is 42.3. The molecule has 8 heteroatoms. The summed E-state index contributed by atoms with van der Waals surface area (Å²) >= 11 is 0. The van der Waals surface area contributed by atoms with Crippen molar-refractivity contribution in [3.63, 3.8) is 0 Å². The average molecular weight is 475 g/mol. The van der Waals surface area contributed by atoms with Crippen LogP contribution in [0.4, 0.5) is 0 Å². The van der Waals surface area contributed by atoms with Crippen LogP contribution in [0.1, 0.15) is 70.4 Å². The molecule has 0 spiro atoms. The van der Waals surface area contributed by atoms with Crippen LogP contribution < -0.4 is 5.32 Å². The molecule has 1 aliphatic rings. The number of amides is 2. The third-order valence-electron chi connectivity index (χ3n) is 6.97. The Balaban J connectivity index is 2.87. The van der Waals surface area contributed by atoms with E-state index >= 15 is 0 Å². The highest BCUT2D eigenvalue weighted by molar-refractivity contribution is 5.96. The van der Waals surface area contributed by atoms with Gasteiger partial charge in [-0.05, 0) is 44.5 Å². The molecule has 8 nitrogen and oxygen atoms in total. The van der Waals surface area contributed by atoms with Crippen LogP contribution >= 0.6 is 0 Å². The zero-order valence-electron chi connectivity index (χ0n) is 21.7. The predicted octanol–water partition coefficient (Wildman–Crippen LogP) is 3.22. The van der Waals surface area contributed by atoms with Gasteiger partial charge in [-0.2, -0.15) is 5.01 Å². The normalized spacial score (nSPS) is 23.2. The number of hydrogen-bond donors (Lipinski definition) is 2. The number of carboxylic acid groups (broad SMARTS) is 1. The molecule has 0 radical (unpaired) electrons. The molecule has 2 N–H and O–H groups in total. The molecular weight excluding hydrogens is 432 g/mol. The van der Waals surface area contributed by atoms with Crippen molar-refractivity contribution in [3.8, 4) is 0 Å². The van der Waals surface area contributed by atoms with Gasteiger partial charge in [-0.25, -0.2) is 0 Å². The van der Waals surface area contributed by atoms with E-state index in [0.29, 0.717) is 37.8 Å². The first kappa shape index (κ1) is 27.8. The molecule has 0 saturated carbocycles. The highest BCUT2D eigenvalue weighted by Gasteiger charge is 2.67. The van der Waals surface area contributed by atoms with Gasteiger partial charge in [-0.3, -0.25) is 19.4 Å². The first-order valence-corrected chi connectivity index (χ1v) is 12.4. The summed E-state index contributed by atoms with van der Waals surface area (Å²) in [6.07, 6.45) is 3.06. The fraction of sp³-hybridized carbons (Fsp3) is 0.654. The van der Waals surface area contributed by atoms with Crippen LogP contribution in [0.15, 0.2) is 24.3 Å². The van der Waals surface area contributed by atoms with E-state index in [0.717, 1.165) is 18.5 Å². The lowest BCUT2D eigenvalue weighted by Crippen LogP contribution is -2.75. The molecule has 1 fully saturated rings. The lowest BCUT2D eigenvalue weighted by molar-refractivity contribution is -0.221. The van der Waals surface area contributed by atoms with Crippen LogP contribution in [0.3, 0.4) is 0 Å². The number of nitrogens with zero attached hydrogens (tertiary/aromatic N) is 3. The van der Waals surface area contributed by atoms with E-state index in [1.54, 1.807) is 10.0 Å². The second-order valence-corrected chi connectivity index (χ2v) is 9.45. The van der Waals surface area contributed by atoms with Crippen molar-refractivity contribution in [1.29, 1.82) is 0 Å². The molecule has 1 aromatic rings. The maximum Gasteiger partial charge on any atom is 0.312 e. The molecule has 2 atom stereocenters. The average Bonchev–Trinajstić information content (AvgIpc) is 2.81. The number of hydrogen-bond acceptors (Lipinski definition) is 5. The largest absolute Gasteiger partial charge is 0.481 e. The van der Waals surface area contributed by atoms with Crippen LogP contribution in [0.5, 0.6) is 0 Å². The van der Waals surface area contributed by atoms with Gasteiger partial charge < -0.3 is 15.3 Å². The van der Waals surface area contributed by atoms with E-state index in [1.807, 2.05) is 59.1 Å². The quantitative estimate of drug-likeness (QED) is 0.512. The number of aliphatic carboxylic acids is 1. The van der Waals surface area contributed by atoms with Gasteiger partial charge in [0, 0.05) is 33.1 Å². The van der Waals surface area contributed by atoms with Crippen LogP contribution in [0.2, 0.25) is 0 Å². The molecule has 190 valence electrons. The third-order valence-corrected chi connectivity index (χ3v) is 6.97. The second kappa shape index (κ2) is 11.8. The van der Waals surface area contributed by atoms with Crippen LogP contribution in [0.25, 0.3) is 0 Å². The van der Waals surface area contributed by atoms with Crippen molar-refractivity contribution in [2.45, 2.75) is 71.4 Å².